The van der Waals surface area contributed by atoms with Crippen LogP contribution < -0.4 is 15.4 Å². The fourth-order valence-electron chi connectivity index (χ4n) is 2.95. The van der Waals surface area contributed by atoms with Gasteiger partial charge in [0.15, 0.2) is 6.61 Å². The second kappa shape index (κ2) is 7.79. The van der Waals surface area contributed by atoms with E-state index in [9.17, 15) is 9.59 Å². The Labute approximate surface area is 146 Å². The van der Waals surface area contributed by atoms with Gasteiger partial charge in [0.1, 0.15) is 5.75 Å². The molecule has 130 valence electrons. The van der Waals surface area contributed by atoms with Gasteiger partial charge in [-0.2, -0.15) is 0 Å². The van der Waals surface area contributed by atoms with Crippen molar-refractivity contribution in [2.75, 3.05) is 17.2 Å². The summed E-state index contributed by atoms with van der Waals surface area (Å²) >= 11 is 0. The maximum atomic E-state index is 12.1. The van der Waals surface area contributed by atoms with Crippen LogP contribution in [0.1, 0.15) is 31.0 Å². The third-order valence-electron chi connectivity index (χ3n) is 4.02. The molecule has 0 radical (unpaired) electrons. The Bertz CT molecular complexity index is 789. The number of fused-ring (bicyclic) bond motifs is 1. The molecule has 0 spiro atoms. The van der Waals surface area contributed by atoms with Gasteiger partial charge < -0.3 is 15.4 Å². The average Bonchev–Trinajstić information content (AvgIpc) is 2.59. The van der Waals surface area contributed by atoms with Crippen molar-refractivity contribution in [1.29, 1.82) is 0 Å². The lowest BCUT2D eigenvalue weighted by Gasteiger charge is -2.18. The Kier molecular flexibility index (Phi) is 5.28. The fraction of sp³-hybridized carbons (Fsp3) is 0.316. The summed E-state index contributed by atoms with van der Waals surface area (Å²) in [4.78, 5) is 27.6. The van der Waals surface area contributed by atoms with Gasteiger partial charge in [0, 0.05) is 35.8 Å². The highest BCUT2D eigenvalue weighted by atomic mass is 16.5. The highest BCUT2D eigenvalue weighted by Gasteiger charge is 2.16. The topological polar surface area (TPSA) is 80.3 Å². The standard InChI is InChI=1S/C19H21N3O3/c1-13(23)21-14-5-4-6-15(11-14)22-19(24)12-25-18-9-10-20-17-8-3-2-7-16(17)18/h4-6,9-11H,2-3,7-8,12H2,1H3,(H,21,23)(H,22,24). The van der Waals surface area contributed by atoms with E-state index >= 15 is 0 Å². The quantitative estimate of drug-likeness (QED) is 0.878. The number of anilines is 2. The molecule has 25 heavy (non-hydrogen) atoms. The predicted octanol–water partition coefficient (Wildman–Crippen LogP) is 2.94. The van der Waals surface area contributed by atoms with Crippen LogP contribution in [0.4, 0.5) is 11.4 Å². The highest BCUT2D eigenvalue weighted by molar-refractivity contribution is 5.94. The van der Waals surface area contributed by atoms with Crippen molar-refractivity contribution in [3.05, 3.63) is 47.8 Å². The van der Waals surface area contributed by atoms with Crippen LogP contribution in [0.25, 0.3) is 0 Å². The number of aryl methyl sites for hydroxylation is 1. The zero-order chi connectivity index (χ0) is 17.6. The van der Waals surface area contributed by atoms with Gasteiger partial charge in [-0.25, -0.2) is 0 Å². The third-order valence-corrected chi connectivity index (χ3v) is 4.02. The molecule has 0 saturated carbocycles. The minimum atomic E-state index is -0.249. The monoisotopic (exact) mass is 339 g/mol. The molecule has 0 fully saturated rings. The first-order chi connectivity index (χ1) is 12.1. The van der Waals surface area contributed by atoms with E-state index in [1.54, 1.807) is 30.5 Å². The van der Waals surface area contributed by atoms with Gasteiger partial charge in [0.2, 0.25) is 5.91 Å². The zero-order valence-corrected chi connectivity index (χ0v) is 14.2. The van der Waals surface area contributed by atoms with Crippen molar-refractivity contribution in [1.82, 2.24) is 4.98 Å². The van der Waals surface area contributed by atoms with Crippen molar-refractivity contribution < 1.29 is 14.3 Å². The van der Waals surface area contributed by atoms with Crippen molar-refractivity contribution in [2.24, 2.45) is 0 Å². The van der Waals surface area contributed by atoms with Gasteiger partial charge in [-0.15, -0.1) is 0 Å². The molecular weight excluding hydrogens is 318 g/mol. The number of ether oxygens (including phenoxy) is 1. The molecule has 2 amide bonds. The minimum absolute atomic E-state index is 0.0686. The van der Waals surface area contributed by atoms with Crippen LogP contribution in [-0.4, -0.2) is 23.4 Å². The second-order valence-corrected chi connectivity index (χ2v) is 6.04. The Hall–Kier alpha value is -2.89. The summed E-state index contributed by atoms with van der Waals surface area (Å²) in [5.41, 5.74) is 3.44. The molecule has 0 unspecified atom stereocenters. The molecule has 1 aromatic carbocycles. The SMILES string of the molecule is CC(=O)Nc1cccc(NC(=O)COc2ccnc3c2CCCC3)c1. The summed E-state index contributed by atoms with van der Waals surface area (Å²) in [6, 6.07) is 8.80. The van der Waals surface area contributed by atoms with Gasteiger partial charge in [-0.3, -0.25) is 14.6 Å². The number of amides is 2. The van der Waals surface area contributed by atoms with E-state index in [-0.39, 0.29) is 18.4 Å². The van der Waals surface area contributed by atoms with Crippen LogP contribution >= 0.6 is 0 Å². The number of carbonyl (C=O) groups excluding carboxylic acids is 2. The van der Waals surface area contributed by atoms with Crippen LogP contribution in [0.2, 0.25) is 0 Å². The van der Waals surface area contributed by atoms with Gasteiger partial charge in [0.05, 0.1) is 0 Å². The number of pyridine rings is 1. The van der Waals surface area contributed by atoms with Crippen LogP contribution in [-0.2, 0) is 22.4 Å². The van der Waals surface area contributed by atoms with Gasteiger partial charge in [-0.05, 0) is 49.9 Å². The highest BCUT2D eigenvalue weighted by Crippen LogP contribution is 2.27. The summed E-state index contributed by atoms with van der Waals surface area (Å²) in [6.07, 6.45) is 5.91. The molecule has 0 bridgehead atoms. The van der Waals surface area contributed by atoms with E-state index in [1.807, 2.05) is 6.07 Å². The third kappa shape index (κ3) is 4.56. The van der Waals surface area contributed by atoms with E-state index in [4.69, 9.17) is 4.74 Å². The number of benzene rings is 1. The first-order valence-corrected chi connectivity index (χ1v) is 8.39. The number of carbonyl (C=O) groups is 2. The van der Waals surface area contributed by atoms with Gasteiger partial charge in [-0.1, -0.05) is 6.07 Å². The molecule has 6 nitrogen and oxygen atoms in total. The zero-order valence-electron chi connectivity index (χ0n) is 14.2. The molecule has 2 aromatic rings. The molecule has 2 N–H and O–H groups in total. The Morgan fingerprint density at radius 1 is 1.12 bits per heavy atom. The molecule has 1 aromatic heterocycles. The minimum Gasteiger partial charge on any atom is -0.483 e. The first-order valence-electron chi connectivity index (χ1n) is 8.39. The Morgan fingerprint density at radius 2 is 1.88 bits per heavy atom. The van der Waals surface area contributed by atoms with Crippen molar-refractivity contribution >= 4 is 23.2 Å². The molecule has 1 aliphatic carbocycles. The fourth-order valence-corrected chi connectivity index (χ4v) is 2.95. The van der Waals surface area contributed by atoms with E-state index in [0.29, 0.717) is 11.4 Å². The number of hydrogen-bond acceptors (Lipinski definition) is 4. The maximum Gasteiger partial charge on any atom is 0.262 e. The van der Waals surface area contributed by atoms with E-state index in [0.717, 1.165) is 42.7 Å². The number of nitrogens with one attached hydrogen (secondary N) is 2. The lowest BCUT2D eigenvalue weighted by atomic mass is 9.95. The molecular formula is C19H21N3O3. The number of hydrogen-bond donors (Lipinski definition) is 2. The lowest BCUT2D eigenvalue weighted by Crippen LogP contribution is -2.21. The molecule has 0 saturated heterocycles. The summed E-state index contributed by atoms with van der Waals surface area (Å²) in [6.45, 7) is 1.37. The molecule has 6 heteroatoms. The summed E-state index contributed by atoms with van der Waals surface area (Å²) in [5.74, 6) is 0.336. The normalized spacial score (nSPS) is 12.8. The van der Waals surface area contributed by atoms with Gasteiger partial charge in [0.25, 0.3) is 5.91 Å². The predicted molar refractivity (Wildman–Crippen MR) is 95.7 cm³/mol. The molecule has 1 aliphatic rings. The van der Waals surface area contributed by atoms with Gasteiger partial charge >= 0.3 is 0 Å². The lowest BCUT2D eigenvalue weighted by molar-refractivity contribution is -0.118. The van der Waals surface area contributed by atoms with Crippen LogP contribution in [0.3, 0.4) is 0 Å². The molecule has 0 atom stereocenters. The molecule has 0 aliphatic heterocycles. The Morgan fingerprint density at radius 3 is 2.68 bits per heavy atom. The van der Waals surface area contributed by atoms with Crippen LogP contribution in [0.15, 0.2) is 36.5 Å². The van der Waals surface area contributed by atoms with Crippen molar-refractivity contribution in [2.45, 2.75) is 32.6 Å². The van der Waals surface area contributed by atoms with E-state index < -0.39 is 0 Å². The molecule has 1 heterocycles. The molecule has 3 rings (SSSR count). The van der Waals surface area contributed by atoms with E-state index in [2.05, 4.69) is 15.6 Å². The maximum absolute atomic E-state index is 12.1. The Balaban J connectivity index is 1.59. The number of rotatable bonds is 5. The van der Waals surface area contributed by atoms with Crippen molar-refractivity contribution in [3.63, 3.8) is 0 Å². The summed E-state index contributed by atoms with van der Waals surface area (Å²) < 4.78 is 5.71. The summed E-state index contributed by atoms with van der Waals surface area (Å²) in [5, 5.41) is 5.46. The summed E-state index contributed by atoms with van der Waals surface area (Å²) in [7, 11) is 0. The average molecular weight is 339 g/mol. The first kappa shape index (κ1) is 17.0. The second-order valence-electron chi connectivity index (χ2n) is 6.04. The van der Waals surface area contributed by atoms with Crippen LogP contribution in [0, 0.1) is 0 Å². The smallest absolute Gasteiger partial charge is 0.262 e. The largest absolute Gasteiger partial charge is 0.483 e. The number of nitrogens with zero attached hydrogens (tertiary/aromatic N) is 1. The number of aromatic nitrogens is 1. The van der Waals surface area contributed by atoms with Crippen LogP contribution in [0.5, 0.6) is 5.75 Å². The van der Waals surface area contributed by atoms with E-state index in [1.165, 1.54) is 6.92 Å². The van der Waals surface area contributed by atoms with Crippen molar-refractivity contribution in [3.8, 4) is 5.75 Å².